The largest absolute Gasteiger partial charge is 0.481 e. The number of nitrogens with zero attached hydrogens (tertiary/aromatic N) is 1. The van der Waals surface area contributed by atoms with Crippen molar-refractivity contribution in [2.75, 3.05) is 13.1 Å². The van der Waals surface area contributed by atoms with Crippen molar-refractivity contribution >= 4 is 12.1 Å². The van der Waals surface area contributed by atoms with E-state index >= 15 is 0 Å². The molecule has 0 bridgehead atoms. The molecule has 1 N–H and O–H groups in total. The highest BCUT2D eigenvalue weighted by Crippen LogP contribution is 2.25. The number of amides is 1. The Kier molecular flexibility index (Phi) is 4.38. The van der Waals surface area contributed by atoms with E-state index < -0.39 is 11.6 Å². The maximum Gasteiger partial charge on any atom is 0.410 e. The number of carbonyl (C=O) groups is 2. The standard InChI is InChI=1S/C13H21NO4/c1-9-8-14(12(17)18-13(2,3)4)6-5-10(9)7-11(15)16/h10H,1,5-8H2,2-4H3,(H,15,16). The summed E-state index contributed by atoms with van der Waals surface area (Å²) in [5.74, 6) is -0.868. The Morgan fingerprint density at radius 2 is 2.11 bits per heavy atom. The number of aliphatic carboxylic acids is 1. The second-order valence-corrected chi connectivity index (χ2v) is 5.64. The lowest BCUT2D eigenvalue weighted by Gasteiger charge is -2.34. The van der Waals surface area contributed by atoms with Crippen molar-refractivity contribution in [2.45, 2.75) is 39.2 Å². The number of likely N-dealkylation sites (tertiary alicyclic amines) is 1. The van der Waals surface area contributed by atoms with Crippen molar-refractivity contribution in [1.82, 2.24) is 4.90 Å². The van der Waals surface area contributed by atoms with E-state index in [0.29, 0.717) is 19.5 Å². The molecule has 1 aliphatic rings. The normalized spacial score (nSPS) is 20.7. The van der Waals surface area contributed by atoms with Crippen LogP contribution >= 0.6 is 0 Å². The molecule has 0 saturated carbocycles. The Morgan fingerprint density at radius 3 is 2.56 bits per heavy atom. The second-order valence-electron chi connectivity index (χ2n) is 5.64. The van der Waals surface area contributed by atoms with E-state index in [-0.39, 0.29) is 18.4 Å². The molecule has 18 heavy (non-hydrogen) atoms. The van der Waals surface area contributed by atoms with Crippen molar-refractivity contribution < 1.29 is 19.4 Å². The molecule has 1 aliphatic heterocycles. The van der Waals surface area contributed by atoms with Gasteiger partial charge in [0.15, 0.2) is 0 Å². The van der Waals surface area contributed by atoms with Gasteiger partial charge in [0.1, 0.15) is 5.60 Å². The van der Waals surface area contributed by atoms with Gasteiger partial charge in [-0.05, 0) is 33.1 Å². The Bertz CT molecular complexity index is 356. The van der Waals surface area contributed by atoms with E-state index in [1.54, 1.807) is 4.90 Å². The zero-order chi connectivity index (χ0) is 13.9. The fraction of sp³-hybridized carbons (Fsp3) is 0.692. The van der Waals surface area contributed by atoms with Crippen LogP contribution in [0.3, 0.4) is 0 Å². The molecule has 0 spiro atoms. The lowest BCUT2D eigenvalue weighted by atomic mass is 9.90. The zero-order valence-electron chi connectivity index (χ0n) is 11.2. The lowest BCUT2D eigenvalue weighted by molar-refractivity contribution is -0.138. The van der Waals surface area contributed by atoms with Gasteiger partial charge in [-0.2, -0.15) is 0 Å². The fourth-order valence-electron chi connectivity index (χ4n) is 1.91. The summed E-state index contributed by atoms with van der Waals surface area (Å²) >= 11 is 0. The number of carbonyl (C=O) groups excluding carboxylic acids is 1. The molecule has 0 aromatic carbocycles. The molecule has 0 aromatic heterocycles. The van der Waals surface area contributed by atoms with Crippen LogP contribution < -0.4 is 0 Å². The molecule has 1 fully saturated rings. The van der Waals surface area contributed by atoms with Crippen molar-refractivity contribution in [3.63, 3.8) is 0 Å². The fourth-order valence-corrected chi connectivity index (χ4v) is 1.91. The van der Waals surface area contributed by atoms with Gasteiger partial charge >= 0.3 is 12.1 Å². The summed E-state index contributed by atoms with van der Waals surface area (Å²) in [5, 5.41) is 8.77. The van der Waals surface area contributed by atoms with E-state index in [2.05, 4.69) is 6.58 Å². The van der Waals surface area contributed by atoms with Gasteiger partial charge in [-0.1, -0.05) is 12.2 Å². The predicted molar refractivity (Wildman–Crippen MR) is 67.3 cm³/mol. The van der Waals surface area contributed by atoms with E-state index in [4.69, 9.17) is 9.84 Å². The Morgan fingerprint density at radius 1 is 1.50 bits per heavy atom. The zero-order valence-corrected chi connectivity index (χ0v) is 11.2. The molecule has 5 nitrogen and oxygen atoms in total. The number of carboxylic acid groups (broad SMARTS) is 1. The van der Waals surface area contributed by atoms with Crippen LogP contribution in [-0.4, -0.2) is 40.8 Å². The molecule has 0 radical (unpaired) electrons. The first-order valence-corrected chi connectivity index (χ1v) is 6.06. The molecular weight excluding hydrogens is 234 g/mol. The minimum Gasteiger partial charge on any atom is -0.481 e. The summed E-state index contributed by atoms with van der Waals surface area (Å²) < 4.78 is 5.27. The van der Waals surface area contributed by atoms with Crippen molar-refractivity contribution in [3.8, 4) is 0 Å². The summed E-state index contributed by atoms with van der Waals surface area (Å²) in [5.41, 5.74) is 0.269. The molecule has 0 aromatic rings. The van der Waals surface area contributed by atoms with Gasteiger partial charge in [0.05, 0.1) is 6.42 Å². The summed E-state index contributed by atoms with van der Waals surface area (Å²) in [7, 11) is 0. The van der Waals surface area contributed by atoms with Crippen molar-refractivity contribution in [1.29, 1.82) is 0 Å². The number of carboxylic acids is 1. The van der Waals surface area contributed by atoms with Gasteiger partial charge < -0.3 is 14.7 Å². The lowest BCUT2D eigenvalue weighted by Crippen LogP contribution is -2.42. The van der Waals surface area contributed by atoms with Crippen LogP contribution in [0.2, 0.25) is 0 Å². The molecule has 1 heterocycles. The first kappa shape index (κ1) is 14.5. The topological polar surface area (TPSA) is 66.8 Å². The molecule has 0 aliphatic carbocycles. The summed E-state index contributed by atoms with van der Waals surface area (Å²) in [6.07, 6.45) is 0.350. The van der Waals surface area contributed by atoms with Gasteiger partial charge in [0, 0.05) is 13.1 Å². The molecule has 1 unspecified atom stereocenters. The van der Waals surface area contributed by atoms with Crippen LogP contribution in [0.5, 0.6) is 0 Å². The first-order valence-electron chi connectivity index (χ1n) is 6.06. The molecule has 1 saturated heterocycles. The van der Waals surface area contributed by atoms with E-state index in [0.717, 1.165) is 5.57 Å². The average Bonchev–Trinajstić information content (AvgIpc) is 2.17. The van der Waals surface area contributed by atoms with Gasteiger partial charge in [-0.15, -0.1) is 0 Å². The van der Waals surface area contributed by atoms with Crippen LogP contribution in [0.4, 0.5) is 4.79 Å². The average molecular weight is 255 g/mol. The number of hydrogen-bond donors (Lipinski definition) is 1. The van der Waals surface area contributed by atoms with Gasteiger partial charge in [-0.3, -0.25) is 4.79 Å². The van der Waals surface area contributed by atoms with Gasteiger partial charge in [0.2, 0.25) is 0 Å². The van der Waals surface area contributed by atoms with Crippen LogP contribution in [-0.2, 0) is 9.53 Å². The number of ether oxygens (including phenoxy) is 1. The molecule has 1 rings (SSSR count). The quantitative estimate of drug-likeness (QED) is 0.769. The Hall–Kier alpha value is -1.52. The third-order valence-electron chi connectivity index (χ3n) is 2.79. The molecular formula is C13H21NO4. The highest BCUT2D eigenvalue weighted by molar-refractivity contribution is 5.70. The third kappa shape index (κ3) is 4.39. The number of hydrogen-bond acceptors (Lipinski definition) is 3. The monoisotopic (exact) mass is 255 g/mol. The molecule has 1 amide bonds. The summed E-state index contributed by atoms with van der Waals surface area (Å²) in [6.45, 7) is 10.2. The molecule has 102 valence electrons. The summed E-state index contributed by atoms with van der Waals surface area (Å²) in [6, 6.07) is 0. The van der Waals surface area contributed by atoms with Crippen LogP contribution in [0.25, 0.3) is 0 Å². The van der Waals surface area contributed by atoms with Crippen molar-refractivity contribution in [2.24, 2.45) is 5.92 Å². The SMILES string of the molecule is C=C1CN(C(=O)OC(C)(C)C)CCC1CC(=O)O. The van der Waals surface area contributed by atoms with Gasteiger partial charge in [0.25, 0.3) is 0 Å². The number of rotatable bonds is 2. The maximum absolute atomic E-state index is 11.8. The van der Waals surface area contributed by atoms with E-state index in [1.165, 1.54) is 0 Å². The van der Waals surface area contributed by atoms with Crippen molar-refractivity contribution in [3.05, 3.63) is 12.2 Å². The van der Waals surface area contributed by atoms with Crippen LogP contribution in [0.15, 0.2) is 12.2 Å². The number of piperidine rings is 1. The Labute approximate surface area is 107 Å². The smallest absolute Gasteiger partial charge is 0.410 e. The highest BCUT2D eigenvalue weighted by Gasteiger charge is 2.29. The van der Waals surface area contributed by atoms with Gasteiger partial charge in [-0.25, -0.2) is 4.79 Å². The minimum absolute atomic E-state index is 0.0406. The van der Waals surface area contributed by atoms with E-state index in [9.17, 15) is 9.59 Å². The first-order chi connectivity index (χ1) is 8.19. The van der Waals surface area contributed by atoms with E-state index in [1.807, 2.05) is 20.8 Å². The predicted octanol–water partition coefficient (Wildman–Crippen LogP) is 2.27. The maximum atomic E-state index is 11.8. The summed E-state index contributed by atoms with van der Waals surface area (Å²) in [4.78, 5) is 24.1. The Balaban J connectivity index is 2.53. The molecule has 5 heteroatoms. The highest BCUT2D eigenvalue weighted by atomic mass is 16.6. The minimum atomic E-state index is -0.827. The molecule has 1 atom stereocenters. The third-order valence-corrected chi connectivity index (χ3v) is 2.79. The second kappa shape index (κ2) is 5.42. The van der Waals surface area contributed by atoms with Crippen LogP contribution in [0, 0.1) is 5.92 Å². The van der Waals surface area contributed by atoms with Crippen LogP contribution in [0.1, 0.15) is 33.6 Å².